The molecule has 1 aromatic heterocycles. The van der Waals surface area contributed by atoms with Crippen molar-refractivity contribution in [2.75, 3.05) is 33.4 Å². The number of hydrogen-bond acceptors (Lipinski definition) is 6. The fraction of sp³-hybridized carbons (Fsp3) is 0.276. The van der Waals surface area contributed by atoms with Gasteiger partial charge in [0.25, 0.3) is 0 Å². The second kappa shape index (κ2) is 12.3. The first kappa shape index (κ1) is 27.5. The second-order valence-corrected chi connectivity index (χ2v) is 9.87. The van der Waals surface area contributed by atoms with Crippen LogP contribution < -0.4 is 9.47 Å². The molecular weight excluding hydrogens is 515 g/mol. The third-order valence-corrected chi connectivity index (χ3v) is 7.36. The van der Waals surface area contributed by atoms with Gasteiger partial charge in [-0.15, -0.1) is 11.3 Å². The number of aromatic hydroxyl groups is 1. The molecule has 0 unspecified atom stereocenters. The summed E-state index contributed by atoms with van der Waals surface area (Å²) in [6.45, 7) is 5.20. The molecule has 0 saturated carbocycles. The minimum Gasteiger partial charge on any atom is -0.508 e. The highest BCUT2D eigenvalue weighted by molar-refractivity contribution is 7.21. The van der Waals surface area contributed by atoms with E-state index < -0.39 is 17.4 Å². The van der Waals surface area contributed by atoms with Gasteiger partial charge >= 0.3 is 0 Å². The molecule has 200 valence electrons. The van der Waals surface area contributed by atoms with Gasteiger partial charge in [0.2, 0.25) is 5.78 Å². The fourth-order valence-corrected chi connectivity index (χ4v) is 5.55. The Morgan fingerprint density at radius 2 is 1.68 bits per heavy atom. The van der Waals surface area contributed by atoms with Crippen LogP contribution in [0.1, 0.15) is 33.6 Å². The number of carbonyl (C=O) groups excluding carboxylic acids is 1. The van der Waals surface area contributed by atoms with E-state index in [9.17, 15) is 23.1 Å². The lowest BCUT2D eigenvalue weighted by Gasteiger charge is -2.15. The molecule has 2 heterocycles. The van der Waals surface area contributed by atoms with Crippen molar-refractivity contribution in [3.63, 3.8) is 0 Å². The van der Waals surface area contributed by atoms with Crippen molar-refractivity contribution >= 4 is 27.2 Å². The van der Waals surface area contributed by atoms with Crippen LogP contribution in [0.3, 0.4) is 0 Å². The smallest absolute Gasteiger partial charge is 0.210 e. The maximum atomic E-state index is 14.6. The summed E-state index contributed by atoms with van der Waals surface area (Å²) in [5.74, 6) is -0.814. The molecule has 1 N–H and O–H groups in total. The van der Waals surface area contributed by atoms with Gasteiger partial charge in [-0.05, 0) is 86.9 Å². The number of ether oxygens (including phenoxy) is 2. The number of fused-ring (bicyclic) bond motifs is 1. The third-order valence-electron chi connectivity index (χ3n) is 6.23. The number of thiophene rings is 1. The lowest BCUT2D eigenvalue weighted by Crippen LogP contribution is -2.25. The number of halogens is 3. The zero-order valence-corrected chi connectivity index (χ0v) is 21.9. The summed E-state index contributed by atoms with van der Waals surface area (Å²) in [5.41, 5.74) is -0.0158. The van der Waals surface area contributed by atoms with Crippen LogP contribution in [-0.2, 0) is 0 Å². The first-order valence-electron chi connectivity index (χ1n) is 12.2. The fourth-order valence-electron chi connectivity index (χ4n) is 4.44. The Hall–Kier alpha value is -3.56. The first-order valence-corrected chi connectivity index (χ1v) is 13.0. The third kappa shape index (κ3) is 6.11. The Morgan fingerprint density at radius 1 is 1.00 bits per heavy atom. The van der Waals surface area contributed by atoms with Gasteiger partial charge in [-0.25, -0.2) is 8.78 Å². The van der Waals surface area contributed by atoms with Gasteiger partial charge in [-0.2, -0.15) is 0 Å². The number of hydrogen-bond donors (Lipinski definition) is 1. The summed E-state index contributed by atoms with van der Waals surface area (Å²) < 4.78 is 50.3. The van der Waals surface area contributed by atoms with Crippen LogP contribution in [0.4, 0.5) is 13.2 Å². The Kier molecular flexibility index (Phi) is 8.91. The van der Waals surface area contributed by atoms with Gasteiger partial charge in [0.05, 0.1) is 12.7 Å². The molecule has 0 spiro atoms. The highest BCUT2D eigenvalue weighted by atomic mass is 32.1. The number of aryl methyl sites for hydroxylation is 1. The summed E-state index contributed by atoms with van der Waals surface area (Å²) >= 11 is 1.08. The van der Waals surface area contributed by atoms with E-state index in [1.165, 1.54) is 31.9 Å². The summed E-state index contributed by atoms with van der Waals surface area (Å²) in [4.78, 5) is 16.0. The molecule has 0 atom stereocenters. The molecule has 5 rings (SSSR count). The standard InChI is InChI=1S/C28H25F2NO4S.CH3F/c1-17-14-18(29)15-23(30)25(17)26(33)28-27(22-9-4-19(32)16-24(22)36-28)35-21-7-5-20(6-8-21)34-13-12-31-10-2-3-11-31;1-2/h4-9,14-16,32H,2-3,10-13H2,1H3;1H3. The number of likely N-dealkylation sites (tertiary alicyclic amines) is 1. The van der Waals surface area contributed by atoms with Gasteiger partial charge in [0, 0.05) is 22.7 Å². The maximum absolute atomic E-state index is 14.6. The predicted octanol–water partition coefficient (Wildman–Crippen LogP) is 7.28. The summed E-state index contributed by atoms with van der Waals surface area (Å²) in [6.07, 6.45) is 2.47. The van der Waals surface area contributed by atoms with Crippen molar-refractivity contribution in [1.29, 1.82) is 0 Å². The van der Waals surface area contributed by atoms with E-state index in [0.717, 1.165) is 37.0 Å². The molecule has 9 heteroatoms. The zero-order valence-electron chi connectivity index (χ0n) is 21.1. The number of carbonyl (C=O) groups is 1. The molecular formula is C29H28F3NO4S. The maximum Gasteiger partial charge on any atom is 0.210 e. The van der Waals surface area contributed by atoms with E-state index in [4.69, 9.17) is 9.47 Å². The van der Waals surface area contributed by atoms with Crippen LogP contribution in [0, 0.1) is 18.6 Å². The van der Waals surface area contributed by atoms with Gasteiger partial charge in [-0.1, -0.05) is 0 Å². The van der Waals surface area contributed by atoms with Crippen LogP contribution in [0.25, 0.3) is 10.1 Å². The molecule has 4 aromatic rings. The van der Waals surface area contributed by atoms with E-state index in [1.54, 1.807) is 30.3 Å². The summed E-state index contributed by atoms with van der Waals surface area (Å²) in [5, 5.41) is 10.5. The molecule has 0 amide bonds. The lowest BCUT2D eigenvalue weighted by atomic mass is 10.0. The molecule has 38 heavy (non-hydrogen) atoms. The Morgan fingerprint density at radius 3 is 2.37 bits per heavy atom. The topological polar surface area (TPSA) is 59.0 Å². The number of phenols is 1. The quantitative estimate of drug-likeness (QED) is 0.237. The van der Waals surface area contributed by atoms with Crippen molar-refractivity contribution in [2.24, 2.45) is 0 Å². The highest BCUT2D eigenvalue weighted by Gasteiger charge is 2.26. The number of alkyl halides is 1. The number of benzene rings is 3. The first-order chi connectivity index (χ1) is 18.4. The van der Waals surface area contributed by atoms with Gasteiger partial charge in [0.1, 0.15) is 40.4 Å². The van der Waals surface area contributed by atoms with Gasteiger partial charge in [0.15, 0.2) is 5.75 Å². The van der Waals surface area contributed by atoms with Crippen molar-refractivity contribution in [2.45, 2.75) is 19.8 Å². The van der Waals surface area contributed by atoms with Crippen molar-refractivity contribution < 1.29 is 32.5 Å². The minimum absolute atomic E-state index is 0.0360. The van der Waals surface area contributed by atoms with Crippen LogP contribution in [0.5, 0.6) is 23.0 Å². The molecule has 0 bridgehead atoms. The monoisotopic (exact) mass is 543 g/mol. The van der Waals surface area contributed by atoms with Crippen LogP contribution in [0.2, 0.25) is 0 Å². The molecule has 1 aliphatic rings. The molecule has 1 saturated heterocycles. The largest absolute Gasteiger partial charge is 0.508 e. The van der Waals surface area contributed by atoms with E-state index >= 15 is 0 Å². The molecule has 1 aliphatic heterocycles. The molecule has 5 nitrogen and oxygen atoms in total. The number of rotatable bonds is 8. The van der Waals surface area contributed by atoms with E-state index in [0.29, 0.717) is 41.4 Å². The van der Waals surface area contributed by atoms with Crippen molar-refractivity contribution in [3.05, 3.63) is 82.2 Å². The van der Waals surface area contributed by atoms with E-state index in [2.05, 4.69) is 4.90 Å². The normalized spacial score (nSPS) is 13.3. The molecule has 0 aliphatic carbocycles. The van der Waals surface area contributed by atoms with Crippen LogP contribution >= 0.6 is 11.3 Å². The zero-order chi connectivity index (χ0) is 27.2. The van der Waals surface area contributed by atoms with Gasteiger partial charge < -0.3 is 14.6 Å². The highest BCUT2D eigenvalue weighted by Crippen LogP contribution is 2.43. The minimum atomic E-state index is -0.931. The average molecular weight is 544 g/mol. The summed E-state index contributed by atoms with van der Waals surface area (Å²) in [6, 6.07) is 13.6. The Balaban J connectivity index is 0.00000164. The van der Waals surface area contributed by atoms with Crippen LogP contribution in [-0.4, -0.2) is 49.2 Å². The molecule has 3 aromatic carbocycles. The Bertz CT molecular complexity index is 1390. The van der Waals surface area contributed by atoms with E-state index in [1.807, 2.05) is 0 Å². The number of ketones is 1. The SMILES string of the molecule is CF.Cc1cc(F)cc(F)c1C(=O)c1sc2cc(O)ccc2c1Oc1ccc(OCCN2CCCC2)cc1. The van der Waals surface area contributed by atoms with Crippen molar-refractivity contribution in [1.82, 2.24) is 4.90 Å². The Labute approximate surface area is 223 Å². The molecule has 1 fully saturated rings. The average Bonchev–Trinajstić information content (AvgIpc) is 3.53. The lowest BCUT2D eigenvalue weighted by molar-refractivity contribution is 0.103. The van der Waals surface area contributed by atoms with Gasteiger partial charge in [-0.3, -0.25) is 14.1 Å². The van der Waals surface area contributed by atoms with Crippen molar-refractivity contribution in [3.8, 4) is 23.0 Å². The molecule has 0 radical (unpaired) electrons. The summed E-state index contributed by atoms with van der Waals surface area (Å²) in [7, 11) is 0.500. The van der Waals surface area contributed by atoms with Crippen LogP contribution in [0.15, 0.2) is 54.6 Å². The second-order valence-electron chi connectivity index (χ2n) is 8.82. The predicted molar refractivity (Wildman–Crippen MR) is 143 cm³/mol. The number of phenolic OH excluding ortho intramolecular Hbond substituents is 1. The number of nitrogens with zero attached hydrogens (tertiary/aromatic N) is 1. The van der Waals surface area contributed by atoms with E-state index in [-0.39, 0.29) is 27.5 Å².